The molecule has 0 bridgehead atoms. The quantitative estimate of drug-likeness (QED) is 0.770. The van der Waals surface area contributed by atoms with Crippen LogP contribution < -0.4 is 5.56 Å². The van der Waals surface area contributed by atoms with Crippen LogP contribution in [0, 0.1) is 6.92 Å². The number of alkyl halides is 2. The molecular weight excluding hydrogens is 286 g/mol. The molecule has 0 radical (unpaired) electrons. The van der Waals surface area contributed by atoms with Crippen molar-refractivity contribution < 1.29 is 13.5 Å². The SMILES string of the molecule is Cc1ccc(-c2ccc(=O)n(CCOCC(F)F)n2)s1. The normalized spacial score (nSPS) is 11.2. The van der Waals surface area contributed by atoms with Gasteiger partial charge in [-0.25, -0.2) is 13.5 Å². The van der Waals surface area contributed by atoms with Crippen LogP contribution in [0.3, 0.4) is 0 Å². The number of nitrogens with zero attached hydrogens (tertiary/aromatic N) is 2. The first-order valence-corrected chi connectivity index (χ1v) is 6.89. The summed E-state index contributed by atoms with van der Waals surface area (Å²) in [5.74, 6) is 0. The fraction of sp³-hybridized carbons (Fsp3) is 0.385. The molecule has 2 aromatic heterocycles. The molecule has 7 heteroatoms. The zero-order valence-electron chi connectivity index (χ0n) is 10.9. The lowest BCUT2D eigenvalue weighted by Gasteiger charge is -2.07. The summed E-state index contributed by atoms with van der Waals surface area (Å²) in [5.41, 5.74) is 0.416. The molecule has 0 N–H and O–H groups in total. The molecule has 0 aliphatic heterocycles. The molecule has 0 saturated carbocycles. The average molecular weight is 300 g/mol. The number of rotatable bonds is 6. The molecule has 0 spiro atoms. The third-order valence-corrected chi connectivity index (χ3v) is 3.57. The van der Waals surface area contributed by atoms with Crippen LogP contribution in [0.25, 0.3) is 10.6 Å². The molecule has 2 aromatic rings. The van der Waals surface area contributed by atoms with Crippen LogP contribution in [-0.2, 0) is 11.3 Å². The topological polar surface area (TPSA) is 44.1 Å². The van der Waals surface area contributed by atoms with Crippen LogP contribution >= 0.6 is 11.3 Å². The standard InChI is InChI=1S/C13H14F2N2O2S/c1-9-2-4-11(20-9)10-3-5-13(18)17(16-10)6-7-19-8-12(14)15/h2-5,12H,6-8H2,1H3. The van der Waals surface area contributed by atoms with Crippen molar-refractivity contribution in [2.45, 2.75) is 19.9 Å². The van der Waals surface area contributed by atoms with Gasteiger partial charge in [0.2, 0.25) is 0 Å². The fourth-order valence-electron chi connectivity index (χ4n) is 1.64. The van der Waals surface area contributed by atoms with Gasteiger partial charge in [0.05, 0.1) is 18.0 Å². The number of hydrogen-bond acceptors (Lipinski definition) is 4. The molecule has 0 amide bonds. The molecule has 0 saturated heterocycles. The Morgan fingerprint density at radius 2 is 2.15 bits per heavy atom. The monoisotopic (exact) mass is 300 g/mol. The lowest BCUT2D eigenvalue weighted by atomic mass is 10.3. The number of hydrogen-bond donors (Lipinski definition) is 0. The lowest BCUT2D eigenvalue weighted by molar-refractivity contribution is 0.0137. The second-order valence-electron chi connectivity index (χ2n) is 4.16. The molecule has 108 valence electrons. The van der Waals surface area contributed by atoms with Crippen molar-refractivity contribution in [3.8, 4) is 10.6 Å². The van der Waals surface area contributed by atoms with E-state index in [9.17, 15) is 13.6 Å². The number of halogens is 2. The summed E-state index contributed by atoms with van der Waals surface area (Å²) < 4.78 is 29.8. The van der Waals surface area contributed by atoms with E-state index in [1.807, 2.05) is 19.1 Å². The molecule has 2 rings (SSSR count). The van der Waals surface area contributed by atoms with Crippen LogP contribution in [0.1, 0.15) is 4.88 Å². The summed E-state index contributed by atoms with van der Waals surface area (Å²) >= 11 is 1.58. The summed E-state index contributed by atoms with van der Waals surface area (Å²) in [5, 5.41) is 4.22. The van der Waals surface area contributed by atoms with E-state index in [0.29, 0.717) is 5.69 Å². The molecule has 0 fully saturated rings. The highest BCUT2D eigenvalue weighted by molar-refractivity contribution is 7.15. The van der Waals surface area contributed by atoms with Crippen molar-refractivity contribution in [3.63, 3.8) is 0 Å². The van der Waals surface area contributed by atoms with Crippen molar-refractivity contribution in [3.05, 3.63) is 39.5 Å². The van der Waals surface area contributed by atoms with E-state index in [2.05, 4.69) is 5.10 Å². The molecule has 0 aliphatic carbocycles. The Morgan fingerprint density at radius 1 is 1.35 bits per heavy atom. The van der Waals surface area contributed by atoms with Gasteiger partial charge in [-0.1, -0.05) is 0 Å². The van der Waals surface area contributed by atoms with Gasteiger partial charge in [0.1, 0.15) is 12.3 Å². The van der Waals surface area contributed by atoms with Gasteiger partial charge in [-0.3, -0.25) is 4.79 Å². The minimum Gasteiger partial charge on any atom is -0.374 e. The van der Waals surface area contributed by atoms with Gasteiger partial charge in [0.15, 0.2) is 0 Å². The van der Waals surface area contributed by atoms with E-state index in [1.54, 1.807) is 17.4 Å². The van der Waals surface area contributed by atoms with Crippen LogP contribution in [-0.4, -0.2) is 29.4 Å². The Hall–Kier alpha value is -1.60. The first kappa shape index (κ1) is 14.8. The summed E-state index contributed by atoms with van der Waals surface area (Å²) in [6, 6.07) is 6.99. The average Bonchev–Trinajstić information content (AvgIpc) is 2.83. The van der Waals surface area contributed by atoms with Crippen molar-refractivity contribution in [2.75, 3.05) is 13.2 Å². The third-order valence-electron chi connectivity index (χ3n) is 2.55. The van der Waals surface area contributed by atoms with Crippen LogP contribution in [0.15, 0.2) is 29.1 Å². The third kappa shape index (κ3) is 3.94. The maximum absolute atomic E-state index is 11.9. The highest BCUT2D eigenvalue weighted by Crippen LogP contribution is 2.24. The molecule has 2 heterocycles. The lowest BCUT2D eigenvalue weighted by Crippen LogP contribution is -2.25. The van der Waals surface area contributed by atoms with E-state index in [4.69, 9.17) is 4.74 Å². The maximum Gasteiger partial charge on any atom is 0.266 e. The van der Waals surface area contributed by atoms with Crippen LogP contribution in [0.2, 0.25) is 0 Å². The van der Waals surface area contributed by atoms with Gasteiger partial charge >= 0.3 is 0 Å². The highest BCUT2D eigenvalue weighted by Gasteiger charge is 2.06. The van der Waals surface area contributed by atoms with Crippen molar-refractivity contribution >= 4 is 11.3 Å². The molecule has 0 aromatic carbocycles. The molecular formula is C13H14F2N2O2S. The molecule has 0 unspecified atom stereocenters. The highest BCUT2D eigenvalue weighted by atomic mass is 32.1. The Balaban J connectivity index is 2.07. The van der Waals surface area contributed by atoms with Gasteiger partial charge in [-0.2, -0.15) is 5.10 Å². The predicted octanol–water partition coefficient (Wildman–Crippen LogP) is 2.56. The van der Waals surface area contributed by atoms with E-state index >= 15 is 0 Å². The Morgan fingerprint density at radius 3 is 2.80 bits per heavy atom. The number of aromatic nitrogens is 2. The fourth-order valence-corrected chi connectivity index (χ4v) is 2.47. The predicted molar refractivity (Wildman–Crippen MR) is 73.4 cm³/mol. The zero-order valence-corrected chi connectivity index (χ0v) is 11.7. The Kier molecular flexibility index (Phi) is 4.97. The Labute approximate surface area is 118 Å². The summed E-state index contributed by atoms with van der Waals surface area (Å²) in [4.78, 5) is 13.8. The van der Waals surface area contributed by atoms with Gasteiger partial charge < -0.3 is 4.74 Å². The van der Waals surface area contributed by atoms with Crippen molar-refractivity contribution in [2.24, 2.45) is 0 Å². The van der Waals surface area contributed by atoms with E-state index in [0.717, 1.165) is 9.75 Å². The van der Waals surface area contributed by atoms with Gasteiger partial charge in [0, 0.05) is 10.9 Å². The van der Waals surface area contributed by atoms with E-state index in [1.165, 1.54) is 10.7 Å². The van der Waals surface area contributed by atoms with Crippen LogP contribution in [0.5, 0.6) is 0 Å². The molecule has 20 heavy (non-hydrogen) atoms. The summed E-state index contributed by atoms with van der Waals surface area (Å²) in [7, 11) is 0. The molecule has 0 atom stereocenters. The van der Waals surface area contributed by atoms with Gasteiger partial charge in [-0.05, 0) is 25.1 Å². The number of thiophene rings is 1. The molecule has 4 nitrogen and oxygen atoms in total. The minimum absolute atomic E-state index is 0.0319. The van der Waals surface area contributed by atoms with E-state index < -0.39 is 13.0 Å². The molecule has 0 aliphatic rings. The Bertz CT molecular complexity index is 625. The van der Waals surface area contributed by atoms with Gasteiger partial charge in [0.25, 0.3) is 12.0 Å². The smallest absolute Gasteiger partial charge is 0.266 e. The number of ether oxygens (including phenoxy) is 1. The summed E-state index contributed by atoms with van der Waals surface area (Å²) in [6.07, 6.45) is -2.50. The zero-order chi connectivity index (χ0) is 14.5. The van der Waals surface area contributed by atoms with Crippen molar-refractivity contribution in [1.29, 1.82) is 0 Å². The first-order valence-electron chi connectivity index (χ1n) is 6.07. The minimum atomic E-state index is -2.50. The summed E-state index contributed by atoms with van der Waals surface area (Å²) in [6.45, 7) is 1.55. The maximum atomic E-state index is 11.9. The second kappa shape index (κ2) is 6.71. The van der Waals surface area contributed by atoms with Crippen molar-refractivity contribution in [1.82, 2.24) is 9.78 Å². The van der Waals surface area contributed by atoms with Gasteiger partial charge in [-0.15, -0.1) is 11.3 Å². The number of aryl methyl sites for hydroxylation is 1. The first-order chi connectivity index (χ1) is 9.56. The van der Waals surface area contributed by atoms with E-state index in [-0.39, 0.29) is 18.7 Å². The van der Waals surface area contributed by atoms with Crippen LogP contribution in [0.4, 0.5) is 8.78 Å². The largest absolute Gasteiger partial charge is 0.374 e. The second-order valence-corrected chi connectivity index (χ2v) is 5.44.